The fraction of sp³-hybridized carbons (Fsp3) is 0.481. The maximum absolute atomic E-state index is 14.0. The number of likely N-dealkylation sites (tertiary alicyclic amines) is 1. The van der Waals surface area contributed by atoms with Crippen LogP contribution in [0, 0.1) is 12.8 Å². The predicted octanol–water partition coefficient (Wildman–Crippen LogP) is 2.78. The summed E-state index contributed by atoms with van der Waals surface area (Å²) in [6.07, 6.45) is 3.33. The Morgan fingerprint density at radius 3 is 2.59 bits per heavy atom. The zero-order valence-corrected chi connectivity index (χ0v) is 20.5. The van der Waals surface area contributed by atoms with Crippen LogP contribution < -0.4 is 0 Å². The lowest BCUT2D eigenvalue weighted by Crippen LogP contribution is -2.57. The first kappa shape index (κ1) is 24.1. The lowest BCUT2D eigenvalue weighted by molar-refractivity contribution is -0.145. The van der Waals surface area contributed by atoms with Gasteiger partial charge in [-0.25, -0.2) is 0 Å². The second-order valence-electron chi connectivity index (χ2n) is 10.1. The van der Waals surface area contributed by atoms with E-state index in [4.69, 9.17) is 0 Å². The highest BCUT2D eigenvalue weighted by Crippen LogP contribution is 2.42. The Hall–Kier alpha value is -3.06. The van der Waals surface area contributed by atoms with E-state index in [1.807, 2.05) is 42.2 Å². The van der Waals surface area contributed by atoms with Gasteiger partial charge in [-0.1, -0.05) is 44.2 Å². The van der Waals surface area contributed by atoms with E-state index in [-0.39, 0.29) is 43.1 Å². The number of aromatic nitrogens is 1. The van der Waals surface area contributed by atoms with Gasteiger partial charge in [-0.2, -0.15) is 0 Å². The molecule has 2 aliphatic rings. The number of hydrogen-bond donors (Lipinski definition) is 0. The van der Waals surface area contributed by atoms with Crippen molar-refractivity contribution in [2.45, 2.75) is 51.6 Å². The number of pyridine rings is 1. The van der Waals surface area contributed by atoms with Crippen molar-refractivity contribution in [1.29, 1.82) is 0 Å². The molecule has 7 heteroatoms. The maximum Gasteiger partial charge on any atom is 0.241 e. The summed E-state index contributed by atoms with van der Waals surface area (Å²) in [5.41, 5.74) is 1.28. The smallest absolute Gasteiger partial charge is 0.241 e. The molecule has 180 valence electrons. The Morgan fingerprint density at radius 2 is 1.91 bits per heavy atom. The highest BCUT2D eigenvalue weighted by molar-refractivity contribution is 6.10. The lowest BCUT2D eigenvalue weighted by Gasteiger charge is -2.43. The minimum Gasteiger partial charge on any atom is -0.337 e. The molecule has 0 radical (unpaired) electrons. The summed E-state index contributed by atoms with van der Waals surface area (Å²) in [6, 6.07) is 11.4. The van der Waals surface area contributed by atoms with E-state index in [2.05, 4.69) is 30.8 Å². The third kappa shape index (κ3) is 4.49. The molecule has 2 aromatic rings. The molecule has 2 saturated heterocycles. The molecular weight excluding hydrogens is 428 g/mol. The third-order valence-corrected chi connectivity index (χ3v) is 7.30. The SMILES string of the molecule is Cc1ccccc1C1(CC(=O)N2CCN(C)C[C@@H]2C(C)C)CC(=O)N(Cc2cccnc2)C1=O. The average molecular weight is 463 g/mol. The Morgan fingerprint density at radius 1 is 1.15 bits per heavy atom. The van der Waals surface area contributed by atoms with Gasteiger partial charge in [0.2, 0.25) is 17.7 Å². The molecule has 1 aromatic heterocycles. The minimum absolute atomic E-state index is 0.00109. The summed E-state index contributed by atoms with van der Waals surface area (Å²) < 4.78 is 0. The van der Waals surface area contributed by atoms with Crippen LogP contribution in [0.1, 0.15) is 43.4 Å². The van der Waals surface area contributed by atoms with Crippen LogP contribution in [0.4, 0.5) is 0 Å². The van der Waals surface area contributed by atoms with Crippen molar-refractivity contribution >= 4 is 17.7 Å². The van der Waals surface area contributed by atoms with E-state index >= 15 is 0 Å². The molecule has 34 heavy (non-hydrogen) atoms. The van der Waals surface area contributed by atoms with Crippen LogP contribution in [0.2, 0.25) is 0 Å². The van der Waals surface area contributed by atoms with Crippen molar-refractivity contribution in [3.8, 4) is 0 Å². The monoisotopic (exact) mass is 462 g/mol. The number of piperazine rings is 1. The summed E-state index contributed by atoms with van der Waals surface area (Å²) >= 11 is 0. The minimum atomic E-state index is -1.19. The van der Waals surface area contributed by atoms with Crippen molar-refractivity contribution in [1.82, 2.24) is 19.7 Å². The van der Waals surface area contributed by atoms with E-state index in [1.54, 1.807) is 18.5 Å². The average Bonchev–Trinajstić information content (AvgIpc) is 3.04. The summed E-state index contributed by atoms with van der Waals surface area (Å²) in [5.74, 6) is -0.300. The van der Waals surface area contributed by atoms with Gasteiger partial charge in [-0.05, 0) is 42.6 Å². The highest BCUT2D eigenvalue weighted by atomic mass is 16.2. The Kier molecular flexibility index (Phi) is 6.84. The molecule has 0 bridgehead atoms. The van der Waals surface area contributed by atoms with Crippen LogP contribution in [-0.4, -0.2) is 70.1 Å². The van der Waals surface area contributed by atoms with E-state index in [0.717, 1.165) is 29.8 Å². The van der Waals surface area contributed by atoms with Gasteiger partial charge in [0.1, 0.15) is 0 Å². The van der Waals surface area contributed by atoms with Crippen LogP contribution in [-0.2, 0) is 26.3 Å². The molecule has 2 aliphatic heterocycles. The Balaban J connectivity index is 1.69. The van der Waals surface area contributed by atoms with Gasteiger partial charge in [-0.3, -0.25) is 24.3 Å². The van der Waals surface area contributed by atoms with Crippen molar-refractivity contribution in [2.24, 2.45) is 5.92 Å². The van der Waals surface area contributed by atoms with Crippen molar-refractivity contribution < 1.29 is 14.4 Å². The van der Waals surface area contributed by atoms with Crippen molar-refractivity contribution in [3.63, 3.8) is 0 Å². The second kappa shape index (κ2) is 9.66. The molecule has 0 spiro atoms. The third-order valence-electron chi connectivity index (χ3n) is 7.30. The maximum atomic E-state index is 14.0. The zero-order chi connectivity index (χ0) is 24.5. The summed E-state index contributed by atoms with van der Waals surface area (Å²) in [6.45, 7) is 8.59. The number of benzene rings is 1. The van der Waals surface area contributed by atoms with Crippen LogP contribution in [0.15, 0.2) is 48.8 Å². The molecule has 0 saturated carbocycles. The topological polar surface area (TPSA) is 73.8 Å². The number of carbonyl (C=O) groups is 3. The van der Waals surface area contributed by atoms with Crippen LogP contribution in [0.5, 0.6) is 0 Å². The first-order chi connectivity index (χ1) is 16.2. The van der Waals surface area contributed by atoms with Crippen LogP contribution in [0.3, 0.4) is 0 Å². The molecule has 0 N–H and O–H groups in total. The van der Waals surface area contributed by atoms with Crippen LogP contribution >= 0.6 is 0 Å². The van der Waals surface area contributed by atoms with Gasteiger partial charge in [0.05, 0.1) is 12.0 Å². The Labute approximate surface area is 201 Å². The van der Waals surface area contributed by atoms with E-state index in [9.17, 15) is 14.4 Å². The number of aryl methyl sites for hydroxylation is 1. The molecule has 2 atom stereocenters. The Bertz CT molecular complexity index is 1070. The van der Waals surface area contributed by atoms with E-state index in [1.165, 1.54) is 4.90 Å². The van der Waals surface area contributed by atoms with Gasteiger partial charge >= 0.3 is 0 Å². The van der Waals surface area contributed by atoms with Crippen molar-refractivity contribution in [3.05, 3.63) is 65.5 Å². The fourth-order valence-corrected chi connectivity index (χ4v) is 5.38. The number of rotatable bonds is 6. The summed E-state index contributed by atoms with van der Waals surface area (Å²) in [7, 11) is 2.07. The normalized spacial score (nSPS) is 23.7. The van der Waals surface area contributed by atoms with E-state index in [0.29, 0.717) is 12.5 Å². The molecule has 0 aliphatic carbocycles. The number of likely N-dealkylation sites (N-methyl/N-ethyl adjacent to an activating group) is 1. The first-order valence-electron chi connectivity index (χ1n) is 12.0. The van der Waals surface area contributed by atoms with Gasteiger partial charge in [0.15, 0.2) is 0 Å². The number of carbonyl (C=O) groups excluding carboxylic acids is 3. The van der Waals surface area contributed by atoms with Crippen LogP contribution in [0.25, 0.3) is 0 Å². The molecule has 4 rings (SSSR count). The van der Waals surface area contributed by atoms with Gasteiger partial charge in [-0.15, -0.1) is 0 Å². The molecule has 1 aromatic carbocycles. The number of nitrogens with zero attached hydrogens (tertiary/aromatic N) is 4. The van der Waals surface area contributed by atoms with Gasteiger partial charge in [0, 0.05) is 50.9 Å². The summed E-state index contributed by atoms with van der Waals surface area (Å²) in [5, 5.41) is 0. The van der Waals surface area contributed by atoms with Gasteiger partial charge < -0.3 is 9.80 Å². The van der Waals surface area contributed by atoms with E-state index < -0.39 is 5.41 Å². The fourth-order valence-electron chi connectivity index (χ4n) is 5.38. The quantitative estimate of drug-likeness (QED) is 0.618. The second-order valence-corrected chi connectivity index (χ2v) is 10.1. The number of hydrogen-bond acceptors (Lipinski definition) is 5. The number of imide groups is 1. The molecular formula is C27H34N4O3. The largest absolute Gasteiger partial charge is 0.337 e. The first-order valence-corrected chi connectivity index (χ1v) is 12.0. The lowest BCUT2D eigenvalue weighted by atomic mass is 9.73. The highest BCUT2D eigenvalue weighted by Gasteiger charge is 2.55. The molecule has 1 unspecified atom stereocenters. The standard InChI is InChI=1S/C27H34N4O3/c1-19(2)23-18-29(4)12-13-30(23)24(32)14-27(22-10-6-5-8-20(22)3)15-25(33)31(26(27)34)17-21-9-7-11-28-16-21/h5-11,16,19,23H,12-15,17-18H2,1-4H3/t23-,27?/m1/s1. The molecule has 3 amide bonds. The van der Waals surface area contributed by atoms with Gasteiger partial charge in [0.25, 0.3) is 0 Å². The number of amides is 3. The molecule has 3 heterocycles. The molecule has 2 fully saturated rings. The van der Waals surface area contributed by atoms with Crippen molar-refractivity contribution in [2.75, 3.05) is 26.7 Å². The molecule has 7 nitrogen and oxygen atoms in total. The predicted molar refractivity (Wildman–Crippen MR) is 130 cm³/mol. The zero-order valence-electron chi connectivity index (χ0n) is 20.5. The summed E-state index contributed by atoms with van der Waals surface area (Å²) in [4.78, 5) is 50.6.